The Labute approximate surface area is 181 Å². The molecule has 0 bridgehead atoms. The molecule has 0 saturated carbocycles. The van der Waals surface area contributed by atoms with Crippen LogP contribution in [0.3, 0.4) is 0 Å². The summed E-state index contributed by atoms with van der Waals surface area (Å²) in [5, 5.41) is 8.35. The van der Waals surface area contributed by atoms with Crippen LogP contribution in [-0.2, 0) is 7.05 Å². The third-order valence-corrected chi connectivity index (χ3v) is 6.03. The van der Waals surface area contributed by atoms with Gasteiger partial charge in [-0.25, -0.2) is 9.67 Å². The first-order valence-electron chi connectivity index (χ1n) is 10.4. The highest BCUT2D eigenvalue weighted by atomic mass is 15.4. The molecule has 6 nitrogen and oxygen atoms in total. The molecular formula is C25H24N6. The van der Waals surface area contributed by atoms with Gasteiger partial charge in [-0.05, 0) is 56.2 Å². The Morgan fingerprint density at radius 1 is 0.935 bits per heavy atom. The first-order chi connectivity index (χ1) is 15.0. The van der Waals surface area contributed by atoms with E-state index in [2.05, 4.69) is 81.2 Å². The number of nitrogens with zero attached hydrogens (tertiary/aromatic N) is 6. The SMILES string of the molecule is Cc1nnn(C)c1-c1ccc2ncn([C@H](C)c3cccc(-c4ccccn4)c3C)c2c1. The Hall–Kier alpha value is -3.80. The molecule has 0 spiro atoms. The van der Waals surface area contributed by atoms with E-state index in [-0.39, 0.29) is 6.04 Å². The summed E-state index contributed by atoms with van der Waals surface area (Å²) >= 11 is 0. The molecule has 0 aliphatic heterocycles. The average molecular weight is 409 g/mol. The highest BCUT2D eigenvalue weighted by molar-refractivity contribution is 5.82. The third kappa shape index (κ3) is 3.20. The molecule has 0 aliphatic carbocycles. The predicted octanol–water partition coefficient (Wildman–Crippen LogP) is 5.12. The number of pyridine rings is 1. The van der Waals surface area contributed by atoms with Crippen molar-refractivity contribution in [1.29, 1.82) is 0 Å². The second kappa shape index (κ2) is 7.47. The summed E-state index contributed by atoms with van der Waals surface area (Å²) in [6.45, 7) is 6.37. The smallest absolute Gasteiger partial charge is 0.0964 e. The maximum Gasteiger partial charge on any atom is 0.0964 e. The molecule has 0 radical (unpaired) electrons. The lowest BCUT2D eigenvalue weighted by atomic mass is 9.95. The van der Waals surface area contributed by atoms with Crippen molar-refractivity contribution in [1.82, 2.24) is 29.5 Å². The molecule has 3 aromatic heterocycles. The molecule has 0 saturated heterocycles. The zero-order valence-corrected chi connectivity index (χ0v) is 18.1. The fourth-order valence-electron chi connectivity index (χ4n) is 4.39. The van der Waals surface area contributed by atoms with Crippen LogP contribution in [-0.4, -0.2) is 29.5 Å². The quantitative estimate of drug-likeness (QED) is 0.414. The van der Waals surface area contributed by atoms with Crippen LogP contribution >= 0.6 is 0 Å². The molecule has 2 aromatic carbocycles. The van der Waals surface area contributed by atoms with Gasteiger partial charge in [-0.15, -0.1) is 5.10 Å². The zero-order chi connectivity index (χ0) is 21.5. The van der Waals surface area contributed by atoms with Crippen LogP contribution in [0.25, 0.3) is 33.5 Å². The first kappa shape index (κ1) is 19.2. The average Bonchev–Trinajstić information content (AvgIpc) is 3.36. The summed E-state index contributed by atoms with van der Waals surface area (Å²) in [5.41, 5.74) is 9.73. The van der Waals surface area contributed by atoms with Gasteiger partial charge in [0.15, 0.2) is 0 Å². The van der Waals surface area contributed by atoms with E-state index < -0.39 is 0 Å². The molecule has 0 aliphatic rings. The minimum absolute atomic E-state index is 0.120. The van der Waals surface area contributed by atoms with E-state index in [0.717, 1.165) is 39.2 Å². The van der Waals surface area contributed by atoms with Gasteiger partial charge in [-0.3, -0.25) is 4.98 Å². The number of benzene rings is 2. The second-order valence-corrected chi connectivity index (χ2v) is 7.91. The van der Waals surface area contributed by atoms with Gasteiger partial charge in [0, 0.05) is 24.4 Å². The lowest BCUT2D eigenvalue weighted by molar-refractivity contribution is 0.654. The molecule has 154 valence electrons. The number of rotatable bonds is 4. The van der Waals surface area contributed by atoms with Gasteiger partial charge in [0.05, 0.1) is 40.5 Å². The minimum atomic E-state index is 0.120. The molecule has 5 aromatic rings. The van der Waals surface area contributed by atoms with Crippen LogP contribution in [0.4, 0.5) is 0 Å². The third-order valence-electron chi connectivity index (χ3n) is 6.03. The predicted molar refractivity (Wildman–Crippen MR) is 123 cm³/mol. The molecule has 0 fully saturated rings. The summed E-state index contributed by atoms with van der Waals surface area (Å²) in [7, 11) is 1.92. The van der Waals surface area contributed by atoms with Crippen LogP contribution < -0.4 is 0 Å². The van der Waals surface area contributed by atoms with Gasteiger partial charge in [0.25, 0.3) is 0 Å². The van der Waals surface area contributed by atoms with Crippen molar-refractivity contribution in [3.05, 3.63) is 83.9 Å². The molecule has 3 heterocycles. The van der Waals surface area contributed by atoms with E-state index in [0.29, 0.717) is 0 Å². The van der Waals surface area contributed by atoms with Crippen molar-refractivity contribution in [3.63, 3.8) is 0 Å². The van der Waals surface area contributed by atoms with Gasteiger partial charge >= 0.3 is 0 Å². The molecule has 5 rings (SSSR count). The Bertz CT molecular complexity index is 1360. The van der Waals surface area contributed by atoms with E-state index in [1.807, 2.05) is 43.3 Å². The van der Waals surface area contributed by atoms with Gasteiger partial charge in [-0.1, -0.05) is 35.5 Å². The maximum absolute atomic E-state index is 4.66. The molecule has 6 heteroatoms. The summed E-state index contributed by atoms with van der Waals surface area (Å²) in [4.78, 5) is 9.20. The molecular weight excluding hydrogens is 384 g/mol. The molecule has 1 atom stereocenters. The molecule has 0 unspecified atom stereocenters. The van der Waals surface area contributed by atoms with Crippen LogP contribution in [0.5, 0.6) is 0 Å². The van der Waals surface area contributed by atoms with Crippen molar-refractivity contribution >= 4 is 11.0 Å². The van der Waals surface area contributed by atoms with Crippen LogP contribution in [0.2, 0.25) is 0 Å². The van der Waals surface area contributed by atoms with Gasteiger partial charge < -0.3 is 4.57 Å². The van der Waals surface area contributed by atoms with E-state index >= 15 is 0 Å². The second-order valence-electron chi connectivity index (χ2n) is 7.91. The lowest BCUT2D eigenvalue weighted by Crippen LogP contribution is -2.08. The topological polar surface area (TPSA) is 61.4 Å². The summed E-state index contributed by atoms with van der Waals surface area (Å²) in [6.07, 6.45) is 3.77. The van der Waals surface area contributed by atoms with Crippen molar-refractivity contribution in [2.75, 3.05) is 0 Å². The lowest BCUT2D eigenvalue weighted by Gasteiger charge is -2.19. The first-order valence-corrected chi connectivity index (χ1v) is 10.4. The number of fused-ring (bicyclic) bond motifs is 1. The number of hydrogen-bond donors (Lipinski definition) is 0. The zero-order valence-electron chi connectivity index (χ0n) is 18.1. The minimum Gasteiger partial charge on any atom is -0.323 e. The van der Waals surface area contributed by atoms with Crippen molar-refractivity contribution < 1.29 is 0 Å². The Morgan fingerprint density at radius 3 is 2.55 bits per heavy atom. The monoisotopic (exact) mass is 408 g/mol. The van der Waals surface area contributed by atoms with Gasteiger partial charge in [-0.2, -0.15) is 0 Å². The molecule has 0 amide bonds. The normalized spacial score (nSPS) is 12.4. The summed E-state index contributed by atoms with van der Waals surface area (Å²) in [5.74, 6) is 0. The van der Waals surface area contributed by atoms with E-state index in [9.17, 15) is 0 Å². The number of aryl methyl sites for hydroxylation is 2. The van der Waals surface area contributed by atoms with Crippen LogP contribution in [0, 0.1) is 13.8 Å². The van der Waals surface area contributed by atoms with Gasteiger partial charge in [0.2, 0.25) is 0 Å². The van der Waals surface area contributed by atoms with E-state index in [1.54, 1.807) is 0 Å². The standard InChI is InChI=1S/C25H24N6/c1-16-20(8-7-9-21(16)22-10-5-6-13-26-22)18(3)31-15-27-23-12-11-19(14-24(23)31)25-17(2)28-29-30(25)4/h5-15,18H,1-4H3/t18-/m1/s1. The van der Waals surface area contributed by atoms with E-state index in [1.165, 1.54) is 11.1 Å². The van der Waals surface area contributed by atoms with Gasteiger partial charge in [0.1, 0.15) is 0 Å². The largest absolute Gasteiger partial charge is 0.323 e. The molecule has 31 heavy (non-hydrogen) atoms. The Balaban J connectivity index is 1.61. The van der Waals surface area contributed by atoms with Crippen molar-refractivity contribution in [2.45, 2.75) is 26.8 Å². The van der Waals surface area contributed by atoms with Crippen LogP contribution in [0.15, 0.2) is 67.1 Å². The highest BCUT2D eigenvalue weighted by Crippen LogP contribution is 2.32. The maximum atomic E-state index is 4.66. The van der Waals surface area contributed by atoms with E-state index in [4.69, 9.17) is 0 Å². The Morgan fingerprint density at radius 2 is 1.81 bits per heavy atom. The number of hydrogen-bond acceptors (Lipinski definition) is 4. The fourth-order valence-corrected chi connectivity index (χ4v) is 4.39. The highest BCUT2D eigenvalue weighted by Gasteiger charge is 2.18. The van der Waals surface area contributed by atoms with Crippen LogP contribution in [0.1, 0.15) is 29.8 Å². The fraction of sp³-hybridized carbons (Fsp3) is 0.200. The van der Waals surface area contributed by atoms with Crippen molar-refractivity contribution in [3.8, 4) is 22.5 Å². The summed E-state index contributed by atoms with van der Waals surface area (Å²) in [6, 6.07) is 18.9. The molecule has 0 N–H and O–H groups in total. The number of imidazole rings is 1. The number of aromatic nitrogens is 6. The van der Waals surface area contributed by atoms with Crippen molar-refractivity contribution in [2.24, 2.45) is 7.05 Å². The summed E-state index contributed by atoms with van der Waals surface area (Å²) < 4.78 is 4.06. The Kier molecular flexibility index (Phi) is 4.62.